The van der Waals surface area contributed by atoms with E-state index in [0.717, 1.165) is 6.54 Å². The monoisotopic (exact) mass is 267 g/mol. The molecule has 1 fully saturated rings. The number of carbonyl (C=O) groups is 1. The molecule has 19 heavy (non-hydrogen) atoms. The lowest BCUT2D eigenvalue weighted by Gasteiger charge is -2.20. The molecule has 0 aliphatic heterocycles. The molecule has 5 heteroatoms. The summed E-state index contributed by atoms with van der Waals surface area (Å²) in [7, 11) is 0. The third-order valence-electron chi connectivity index (χ3n) is 3.06. The van der Waals surface area contributed by atoms with E-state index in [0.29, 0.717) is 24.8 Å². The topological polar surface area (TPSA) is 49.8 Å². The zero-order valence-electron chi connectivity index (χ0n) is 10.7. The second kappa shape index (κ2) is 6.52. The van der Waals surface area contributed by atoms with E-state index in [4.69, 9.17) is 9.84 Å². The molecule has 1 N–H and O–H groups in total. The Labute approximate surface area is 111 Å². The Morgan fingerprint density at radius 1 is 1.37 bits per heavy atom. The minimum atomic E-state index is -0.817. The Bertz CT molecular complexity index is 417. The Morgan fingerprint density at radius 3 is 2.63 bits per heavy atom. The summed E-state index contributed by atoms with van der Waals surface area (Å²) in [6.07, 6.45) is 2.38. The van der Waals surface area contributed by atoms with Gasteiger partial charge in [-0.05, 0) is 43.0 Å². The molecule has 1 aliphatic rings. The first-order valence-electron chi connectivity index (χ1n) is 6.46. The van der Waals surface area contributed by atoms with Crippen LogP contribution in [-0.4, -0.2) is 42.2 Å². The Morgan fingerprint density at radius 2 is 2.05 bits per heavy atom. The van der Waals surface area contributed by atoms with Crippen LogP contribution in [0.2, 0.25) is 0 Å². The second-order valence-corrected chi connectivity index (χ2v) is 4.87. The van der Waals surface area contributed by atoms with Crippen molar-refractivity contribution >= 4 is 5.97 Å². The predicted octanol–water partition coefficient (Wildman–Crippen LogP) is 2.00. The molecule has 4 nitrogen and oxygen atoms in total. The largest absolute Gasteiger partial charge is 0.492 e. The fraction of sp³-hybridized carbons (Fsp3) is 0.500. The normalized spacial score (nSPS) is 14.6. The molecule has 0 heterocycles. The van der Waals surface area contributed by atoms with Gasteiger partial charge in [0.15, 0.2) is 0 Å². The average molecular weight is 267 g/mol. The van der Waals surface area contributed by atoms with Crippen molar-refractivity contribution in [3.8, 4) is 5.75 Å². The van der Waals surface area contributed by atoms with E-state index in [2.05, 4.69) is 0 Å². The van der Waals surface area contributed by atoms with Gasteiger partial charge < -0.3 is 9.84 Å². The maximum Gasteiger partial charge on any atom is 0.317 e. The molecule has 0 radical (unpaired) electrons. The number of hydrogen-bond acceptors (Lipinski definition) is 3. The van der Waals surface area contributed by atoms with Gasteiger partial charge in [-0.15, -0.1) is 0 Å². The van der Waals surface area contributed by atoms with Crippen LogP contribution in [0.15, 0.2) is 24.3 Å². The number of ether oxygens (including phenoxy) is 1. The third kappa shape index (κ3) is 5.26. The number of aliphatic carboxylic acids is 1. The maximum absolute atomic E-state index is 12.7. The number of benzene rings is 1. The highest BCUT2D eigenvalue weighted by Gasteiger charge is 2.25. The van der Waals surface area contributed by atoms with E-state index in [1.54, 1.807) is 12.1 Å². The summed E-state index contributed by atoms with van der Waals surface area (Å²) in [6.45, 7) is 1.84. The highest BCUT2D eigenvalue weighted by Crippen LogP contribution is 2.29. The van der Waals surface area contributed by atoms with Crippen molar-refractivity contribution in [2.45, 2.75) is 12.8 Å². The minimum absolute atomic E-state index is 0.0449. The smallest absolute Gasteiger partial charge is 0.317 e. The molecule has 0 aromatic heterocycles. The van der Waals surface area contributed by atoms with Crippen LogP contribution in [0.5, 0.6) is 5.75 Å². The van der Waals surface area contributed by atoms with E-state index >= 15 is 0 Å². The fourth-order valence-electron chi connectivity index (χ4n) is 1.92. The molecule has 104 valence electrons. The van der Waals surface area contributed by atoms with Crippen LogP contribution in [0, 0.1) is 11.7 Å². The third-order valence-corrected chi connectivity index (χ3v) is 3.06. The van der Waals surface area contributed by atoms with Crippen molar-refractivity contribution in [2.24, 2.45) is 5.92 Å². The number of halogens is 1. The fourth-order valence-corrected chi connectivity index (χ4v) is 1.92. The van der Waals surface area contributed by atoms with Crippen LogP contribution in [0.1, 0.15) is 12.8 Å². The standard InChI is InChI=1S/C14H18FNO3/c15-12-3-5-13(6-4-12)19-8-7-16(10-14(17)18)9-11-1-2-11/h3-6,11H,1-2,7-10H2,(H,17,18). The van der Waals surface area contributed by atoms with Crippen molar-refractivity contribution in [1.29, 1.82) is 0 Å². The van der Waals surface area contributed by atoms with Gasteiger partial charge in [0.2, 0.25) is 0 Å². The van der Waals surface area contributed by atoms with E-state index in [-0.39, 0.29) is 12.4 Å². The highest BCUT2D eigenvalue weighted by atomic mass is 19.1. The molecule has 0 saturated heterocycles. The molecular formula is C14H18FNO3. The van der Waals surface area contributed by atoms with Crippen molar-refractivity contribution in [2.75, 3.05) is 26.2 Å². The van der Waals surface area contributed by atoms with Gasteiger partial charge in [0.05, 0.1) is 6.54 Å². The number of nitrogens with zero attached hydrogens (tertiary/aromatic N) is 1. The van der Waals surface area contributed by atoms with Crippen LogP contribution in [0.4, 0.5) is 4.39 Å². The SMILES string of the molecule is O=C(O)CN(CCOc1ccc(F)cc1)CC1CC1. The molecule has 0 spiro atoms. The van der Waals surface area contributed by atoms with Gasteiger partial charge in [-0.2, -0.15) is 0 Å². The highest BCUT2D eigenvalue weighted by molar-refractivity contribution is 5.69. The lowest BCUT2D eigenvalue weighted by molar-refractivity contribution is -0.138. The summed E-state index contributed by atoms with van der Waals surface area (Å²) in [5, 5.41) is 8.84. The zero-order valence-corrected chi connectivity index (χ0v) is 10.7. The van der Waals surface area contributed by atoms with E-state index < -0.39 is 5.97 Å². The second-order valence-electron chi connectivity index (χ2n) is 4.87. The van der Waals surface area contributed by atoms with Crippen LogP contribution in [0.25, 0.3) is 0 Å². The minimum Gasteiger partial charge on any atom is -0.492 e. The van der Waals surface area contributed by atoms with Gasteiger partial charge in [0.1, 0.15) is 18.2 Å². The summed E-state index contributed by atoms with van der Waals surface area (Å²) in [6, 6.07) is 5.82. The number of rotatable bonds is 8. The van der Waals surface area contributed by atoms with Crippen LogP contribution < -0.4 is 4.74 Å². The number of carboxylic acid groups (broad SMARTS) is 1. The average Bonchev–Trinajstić information content (AvgIpc) is 3.15. The van der Waals surface area contributed by atoms with Gasteiger partial charge in [-0.3, -0.25) is 9.69 Å². The molecule has 1 aliphatic carbocycles. The van der Waals surface area contributed by atoms with Crippen LogP contribution >= 0.6 is 0 Å². The molecule has 2 rings (SSSR count). The van der Waals surface area contributed by atoms with Crippen molar-refractivity contribution in [3.63, 3.8) is 0 Å². The Hall–Kier alpha value is -1.62. The zero-order chi connectivity index (χ0) is 13.7. The number of carboxylic acids is 1. The van der Waals surface area contributed by atoms with E-state index in [9.17, 15) is 9.18 Å². The van der Waals surface area contributed by atoms with Crippen molar-refractivity contribution < 1.29 is 19.0 Å². The van der Waals surface area contributed by atoms with Crippen LogP contribution in [0.3, 0.4) is 0 Å². The summed E-state index contributed by atoms with van der Waals surface area (Å²) >= 11 is 0. The van der Waals surface area contributed by atoms with E-state index in [1.807, 2.05) is 4.90 Å². The maximum atomic E-state index is 12.7. The summed E-state index contributed by atoms with van der Waals surface area (Å²) in [4.78, 5) is 12.7. The molecule has 1 aromatic carbocycles. The summed E-state index contributed by atoms with van der Waals surface area (Å²) < 4.78 is 18.2. The first-order chi connectivity index (χ1) is 9.13. The van der Waals surface area contributed by atoms with Gasteiger partial charge in [-0.25, -0.2) is 4.39 Å². The lowest BCUT2D eigenvalue weighted by atomic mass is 10.3. The van der Waals surface area contributed by atoms with Gasteiger partial charge in [0.25, 0.3) is 0 Å². The lowest BCUT2D eigenvalue weighted by Crippen LogP contribution is -2.35. The molecule has 0 unspecified atom stereocenters. The molecule has 1 aromatic rings. The molecule has 1 saturated carbocycles. The Kier molecular flexibility index (Phi) is 4.74. The van der Waals surface area contributed by atoms with Gasteiger partial charge >= 0.3 is 5.97 Å². The van der Waals surface area contributed by atoms with E-state index in [1.165, 1.54) is 25.0 Å². The van der Waals surface area contributed by atoms with Crippen molar-refractivity contribution in [1.82, 2.24) is 4.90 Å². The summed E-state index contributed by atoms with van der Waals surface area (Å²) in [5.74, 6) is 0.129. The summed E-state index contributed by atoms with van der Waals surface area (Å²) in [5.41, 5.74) is 0. The first-order valence-corrected chi connectivity index (χ1v) is 6.46. The molecule has 0 bridgehead atoms. The predicted molar refractivity (Wildman–Crippen MR) is 68.7 cm³/mol. The first kappa shape index (κ1) is 13.8. The number of hydrogen-bond donors (Lipinski definition) is 1. The van der Waals surface area contributed by atoms with Gasteiger partial charge in [0, 0.05) is 13.1 Å². The molecule has 0 amide bonds. The van der Waals surface area contributed by atoms with Crippen LogP contribution in [-0.2, 0) is 4.79 Å². The van der Waals surface area contributed by atoms with Crippen molar-refractivity contribution in [3.05, 3.63) is 30.1 Å². The van der Waals surface area contributed by atoms with Gasteiger partial charge in [-0.1, -0.05) is 0 Å². The molecular weight excluding hydrogens is 249 g/mol. The molecule has 0 atom stereocenters. The Balaban J connectivity index is 1.74. The quantitative estimate of drug-likeness (QED) is 0.782.